The Labute approximate surface area is 99.4 Å². The van der Waals surface area contributed by atoms with Gasteiger partial charge in [-0.05, 0) is 31.7 Å². The molecule has 5 nitrogen and oxygen atoms in total. The number of hydrogen-bond donors (Lipinski definition) is 3. The van der Waals surface area contributed by atoms with Gasteiger partial charge in [0.25, 0.3) is 5.91 Å². The molecule has 0 bridgehead atoms. The van der Waals surface area contributed by atoms with Crippen molar-refractivity contribution in [3.63, 3.8) is 0 Å². The van der Waals surface area contributed by atoms with Gasteiger partial charge in [0.1, 0.15) is 0 Å². The van der Waals surface area contributed by atoms with Crippen molar-refractivity contribution in [1.29, 1.82) is 0 Å². The maximum atomic E-state index is 12.0. The molecule has 1 unspecified atom stereocenters. The molecule has 1 heterocycles. The van der Waals surface area contributed by atoms with E-state index in [1.807, 2.05) is 6.92 Å². The zero-order chi connectivity index (χ0) is 12.5. The van der Waals surface area contributed by atoms with Gasteiger partial charge in [-0.25, -0.2) is 0 Å². The zero-order valence-electron chi connectivity index (χ0n) is 9.82. The highest BCUT2D eigenvalue weighted by Gasteiger charge is 2.41. The Morgan fingerprint density at radius 2 is 2.29 bits per heavy atom. The highest BCUT2D eigenvalue weighted by Crippen LogP contribution is 2.39. The number of rotatable bonds is 4. The summed E-state index contributed by atoms with van der Waals surface area (Å²) in [6.45, 7) is 2.39. The smallest absolute Gasteiger partial charge is 0.253 e. The van der Waals surface area contributed by atoms with Crippen molar-refractivity contribution in [2.45, 2.75) is 25.3 Å². The van der Waals surface area contributed by atoms with Crippen molar-refractivity contribution in [3.05, 3.63) is 34.2 Å². The number of aromatic amines is 1. The minimum absolute atomic E-state index is 0.193. The highest BCUT2D eigenvalue weighted by atomic mass is 16.2. The molecule has 1 fully saturated rings. The molecule has 1 amide bonds. The summed E-state index contributed by atoms with van der Waals surface area (Å²) < 4.78 is 0. The summed E-state index contributed by atoms with van der Waals surface area (Å²) in [5.41, 5.74) is 5.62. The Morgan fingerprint density at radius 3 is 2.76 bits per heavy atom. The van der Waals surface area contributed by atoms with Gasteiger partial charge < -0.3 is 16.0 Å². The minimum atomic E-state index is -0.340. The molecule has 92 valence electrons. The van der Waals surface area contributed by atoms with Gasteiger partial charge in [-0.3, -0.25) is 9.59 Å². The number of amides is 1. The van der Waals surface area contributed by atoms with Gasteiger partial charge in [-0.2, -0.15) is 0 Å². The van der Waals surface area contributed by atoms with Crippen molar-refractivity contribution in [2.75, 3.05) is 6.54 Å². The van der Waals surface area contributed by atoms with Crippen LogP contribution in [0.15, 0.2) is 23.1 Å². The number of nitrogens with one attached hydrogen (secondary N) is 2. The average Bonchev–Trinajstić information content (AvgIpc) is 3.13. The molecule has 1 atom stereocenters. The lowest BCUT2D eigenvalue weighted by molar-refractivity contribution is 0.0897. The third-order valence-electron chi connectivity index (χ3n) is 3.35. The molecule has 0 spiro atoms. The van der Waals surface area contributed by atoms with Gasteiger partial charge in [0.05, 0.1) is 11.1 Å². The quantitative estimate of drug-likeness (QED) is 0.698. The Kier molecular flexibility index (Phi) is 3.02. The maximum absolute atomic E-state index is 12.0. The molecule has 1 saturated carbocycles. The van der Waals surface area contributed by atoms with E-state index < -0.39 is 0 Å². The predicted octanol–water partition coefficient (Wildman–Crippen LogP) is 0.232. The third-order valence-corrected chi connectivity index (χ3v) is 3.35. The summed E-state index contributed by atoms with van der Waals surface area (Å²) in [6.07, 6.45) is 3.64. The number of pyridine rings is 1. The minimum Gasteiger partial charge on any atom is -0.345 e. The van der Waals surface area contributed by atoms with Gasteiger partial charge in [0.15, 0.2) is 0 Å². The third kappa shape index (κ3) is 2.55. The van der Waals surface area contributed by atoms with Crippen LogP contribution in [0.1, 0.15) is 30.1 Å². The second-order valence-corrected chi connectivity index (χ2v) is 4.79. The summed E-state index contributed by atoms with van der Waals surface area (Å²) in [6, 6.07) is 2.85. The average molecular weight is 235 g/mol. The van der Waals surface area contributed by atoms with E-state index in [-0.39, 0.29) is 17.0 Å². The van der Waals surface area contributed by atoms with Crippen LogP contribution >= 0.6 is 0 Å². The molecule has 0 aromatic carbocycles. The van der Waals surface area contributed by atoms with Crippen molar-refractivity contribution >= 4 is 5.91 Å². The van der Waals surface area contributed by atoms with Crippen LogP contribution in [0, 0.1) is 5.92 Å². The van der Waals surface area contributed by atoms with Crippen LogP contribution in [0.4, 0.5) is 0 Å². The summed E-state index contributed by atoms with van der Waals surface area (Å²) in [4.78, 5) is 25.4. The molecule has 4 N–H and O–H groups in total. The van der Waals surface area contributed by atoms with Crippen molar-refractivity contribution < 1.29 is 4.79 Å². The Balaban J connectivity index is 2.10. The standard InChI is InChI=1S/C12H17N3O2/c1-12(7-13,9-3-4-9)15-11(17)8-2-5-10(16)14-6-8/h2,5-6,9H,3-4,7,13H2,1H3,(H,14,16)(H,15,17). The summed E-state index contributed by atoms with van der Waals surface area (Å²) >= 11 is 0. The lowest BCUT2D eigenvalue weighted by Crippen LogP contribution is -2.53. The topological polar surface area (TPSA) is 88.0 Å². The largest absolute Gasteiger partial charge is 0.345 e. The fourth-order valence-corrected chi connectivity index (χ4v) is 1.92. The molecule has 1 aliphatic rings. The number of carbonyl (C=O) groups is 1. The molecule has 0 saturated heterocycles. The van der Waals surface area contributed by atoms with E-state index in [1.54, 1.807) is 0 Å². The number of carbonyl (C=O) groups excluding carboxylic acids is 1. The van der Waals surface area contributed by atoms with Crippen LogP contribution in [-0.4, -0.2) is 23.0 Å². The monoisotopic (exact) mass is 235 g/mol. The van der Waals surface area contributed by atoms with E-state index in [9.17, 15) is 9.59 Å². The second-order valence-electron chi connectivity index (χ2n) is 4.79. The molecular formula is C12H17N3O2. The van der Waals surface area contributed by atoms with Crippen molar-refractivity contribution in [2.24, 2.45) is 11.7 Å². The van der Waals surface area contributed by atoms with Gasteiger partial charge in [-0.1, -0.05) is 0 Å². The molecule has 5 heteroatoms. The SMILES string of the molecule is CC(CN)(NC(=O)c1ccc(=O)[nH]c1)C1CC1. The van der Waals surface area contributed by atoms with Crippen LogP contribution in [0.25, 0.3) is 0 Å². The van der Waals surface area contributed by atoms with Crippen molar-refractivity contribution in [3.8, 4) is 0 Å². The van der Waals surface area contributed by atoms with E-state index >= 15 is 0 Å². The fourth-order valence-electron chi connectivity index (χ4n) is 1.92. The predicted molar refractivity (Wildman–Crippen MR) is 64.7 cm³/mol. The lowest BCUT2D eigenvalue weighted by atomic mass is 9.95. The van der Waals surface area contributed by atoms with E-state index in [2.05, 4.69) is 10.3 Å². The van der Waals surface area contributed by atoms with Crippen LogP contribution < -0.4 is 16.6 Å². The number of nitrogens with two attached hydrogens (primary N) is 1. The van der Waals surface area contributed by atoms with E-state index in [1.165, 1.54) is 18.3 Å². The summed E-state index contributed by atoms with van der Waals surface area (Å²) in [7, 11) is 0. The molecule has 1 aliphatic carbocycles. The molecule has 0 radical (unpaired) electrons. The second kappa shape index (κ2) is 4.33. The molecule has 1 aromatic rings. The Bertz CT molecular complexity index is 458. The first-order valence-electron chi connectivity index (χ1n) is 5.76. The number of aromatic nitrogens is 1. The number of H-pyrrole nitrogens is 1. The van der Waals surface area contributed by atoms with Gasteiger partial charge >= 0.3 is 0 Å². The molecule has 1 aromatic heterocycles. The normalized spacial score (nSPS) is 18.5. The van der Waals surface area contributed by atoms with E-state index in [0.717, 1.165) is 12.8 Å². The Morgan fingerprint density at radius 1 is 1.59 bits per heavy atom. The summed E-state index contributed by atoms with van der Waals surface area (Å²) in [5, 5.41) is 2.95. The lowest BCUT2D eigenvalue weighted by Gasteiger charge is -2.29. The highest BCUT2D eigenvalue weighted by molar-refractivity contribution is 5.94. The van der Waals surface area contributed by atoms with Gasteiger partial charge in [0, 0.05) is 18.8 Å². The molecule has 17 heavy (non-hydrogen) atoms. The first-order chi connectivity index (χ1) is 8.05. The van der Waals surface area contributed by atoms with E-state index in [0.29, 0.717) is 18.0 Å². The van der Waals surface area contributed by atoms with Gasteiger partial charge in [-0.15, -0.1) is 0 Å². The first kappa shape index (κ1) is 11.9. The van der Waals surface area contributed by atoms with E-state index in [4.69, 9.17) is 5.73 Å². The van der Waals surface area contributed by atoms with Crippen LogP contribution in [0.3, 0.4) is 0 Å². The van der Waals surface area contributed by atoms with Crippen molar-refractivity contribution in [1.82, 2.24) is 10.3 Å². The maximum Gasteiger partial charge on any atom is 0.253 e. The van der Waals surface area contributed by atoms with Crippen LogP contribution in [-0.2, 0) is 0 Å². The van der Waals surface area contributed by atoms with Crippen LogP contribution in [0.5, 0.6) is 0 Å². The zero-order valence-corrected chi connectivity index (χ0v) is 9.82. The number of hydrogen-bond acceptors (Lipinski definition) is 3. The summed E-state index contributed by atoms with van der Waals surface area (Å²) in [5.74, 6) is 0.278. The molecule has 2 rings (SSSR count). The first-order valence-corrected chi connectivity index (χ1v) is 5.76. The fraction of sp³-hybridized carbons (Fsp3) is 0.500. The van der Waals surface area contributed by atoms with Gasteiger partial charge in [0.2, 0.25) is 5.56 Å². The molecule has 0 aliphatic heterocycles. The Hall–Kier alpha value is -1.62. The van der Waals surface area contributed by atoms with Crippen LogP contribution in [0.2, 0.25) is 0 Å². The molecular weight excluding hydrogens is 218 g/mol.